The number of rotatable bonds is 7. The van der Waals surface area contributed by atoms with E-state index in [1.807, 2.05) is 35.2 Å². The summed E-state index contributed by atoms with van der Waals surface area (Å²) in [4.78, 5) is 27.8. The van der Waals surface area contributed by atoms with Gasteiger partial charge in [-0.3, -0.25) is 4.79 Å². The summed E-state index contributed by atoms with van der Waals surface area (Å²) in [5.41, 5.74) is 3.34. The fourth-order valence-electron chi connectivity index (χ4n) is 5.79. The summed E-state index contributed by atoms with van der Waals surface area (Å²) in [5.74, 6) is 1.70. The van der Waals surface area contributed by atoms with Crippen molar-refractivity contribution in [2.75, 3.05) is 31.1 Å². The molecule has 0 aliphatic carbocycles. The van der Waals surface area contributed by atoms with Gasteiger partial charge in [0.1, 0.15) is 22.7 Å². The second-order valence-corrected chi connectivity index (χ2v) is 10.5. The molecule has 204 valence electrons. The largest absolute Gasteiger partial charge is 0.354 e. The molecule has 3 aromatic carbocycles. The smallest absolute Gasteiger partial charge is 0.263 e. The van der Waals surface area contributed by atoms with Crippen LogP contribution in [0.4, 0.5) is 5.82 Å². The minimum atomic E-state index is -0.118. The molecule has 1 atom stereocenters. The zero-order chi connectivity index (χ0) is 27.5. The van der Waals surface area contributed by atoms with Gasteiger partial charge in [0.25, 0.3) is 5.71 Å². The second-order valence-electron chi connectivity index (χ2n) is 10.5. The molecule has 40 heavy (non-hydrogen) atoms. The predicted octanol–water partition coefficient (Wildman–Crippen LogP) is 6.62. The highest BCUT2D eigenvalue weighted by Crippen LogP contribution is 2.35. The van der Waals surface area contributed by atoms with Crippen molar-refractivity contribution in [3.05, 3.63) is 84.2 Å². The van der Waals surface area contributed by atoms with Gasteiger partial charge in [0.05, 0.1) is 5.92 Å². The molecule has 0 saturated carbocycles. The Hall–Kier alpha value is -4.26. The van der Waals surface area contributed by atoms with Crippen molar-refractivity contribution in [1.82, 2.24) is 20.0 Å². The maximum Gasteiger partial charge on any atom is 0.263 e. The van der Waals surface area contributed by atoms with Gasteiger partial charge in [0.2, 0.25) is 5.91 Å². The van der Waals surface area contributed by atoms with Gasteiger partial charge in [-0.15, -0.1) is 0 Å². The first kappa shape index (κ1) is 26.0. The fourth-order valence-corrected chi connectivity index (χ4v) is 5.79. The number of hydrogen-bond acceptors (Lipinski definition) is 6. The van der Waals surface area contributed by atoms with Gasteiger partial charge in [-0.05, 0) is 41.7 Å². The minimum absolute atomic E-state index is 0.118. The van der Waals surface area contributed by atoms with Crippen LogP contribution in [0.5, 0.6) is 0 Å². The van der Waals surface area contributed by atoms with E-state index >= 15 is 0 Å². The van der Waals surface area contributed by atoms with Crippen molar-refractivity contribution in [3.63, 3.8) is 0 Å². The number of anilines is 1. The molecule has 1 aliphatic heterocycles. The molecule has 5 aromatic rings. The highest BCUT2D eigenvalue weighted by Gasteiger charge is 2.29. The lowest BCUT2D eigenvalue weighted by Gasteiger charge is -2.26. The SMILES string of the molecule is CCCc1nc(N2CCCN(C(=O)C(CC)c3ccccc3)CC2)c2c(-c3ccc4ccccc4c3)noc2n1. The maximum absolute atomic E-state index is 13.6. The molecule has 1 amide bonds. The Morgan fingerprint density at radius 1 is 0.900 bits per heavy atom. The van der Waals surface area contributed by atoms with Crippen molar-refractivity contribution >= 4 is 33.6 Å². The zero-order valence-electron chi connectivity index (χ0n) is 23.2. The van der Waals surface area contributed by atoms with Gasteiger partial charge in [0, 0.05) is 38.2 Å². The van der Waals surface area contributed by atoms with Crippen LogP contribution in [-0.4, -0.2) is 52.1 Å². The number of carbonyl (C=O) groups excluding carboxylic acids is 1. The average Bonchev–Trinajstić information content (AvgIpc) is 3.26. The summed E-state index contributed by atoms with van der Waals surface area (Å²) in [6.07, 6.45) is 3.35. The van der Waals surface area contributed by atoms with Crippen LogP contribution >= 0.6 is 0 Å². The van der Waals surface area contributed by atoms with Crippen molar-refractivity contribution in [2.24, 2.45) is 0 Å². The van der Waals surface area contributed by atoms with Gasteiger partial charge < -0.3 is 14.3 Å². The summed E-state index contributed by atoms with van der Waals surface area (Å²) in [6.45, 7) is 7.08. The third-order valence-electron chi connectivity index (χ3n) is 7.88. The summed E-state index contributed by atoms with van der Waals surface area (Å²) >= 11 is 0. The molecule has 3 heterocycles. The van der Waals surface area contributed by atoms with Gasteiger partial charge in [-0.2, -0.15) is 4.98 Å². The number of aromatic nitrogens is 3. The van der Waals surface area contributed by atoms with Crippen molar-refractivity contribution in [2.45, 2.75) is 45.4 Å². The van der Waals surface area contributed by atoms with E-state index in [4.69, 9.17) is 14.5 Å². The molecule has 0 N–H and O–H groups in total. The molecule has 6 rings (SSSR count). The molecule has 1 saturated heterocycles. The lowest BCUT2D eigenvalue weighted by molar-refractivity contribution is -0.132. The molecule has 7 nitrogen and oxygen atoms in total. The Morgan fingerprint density at radius 2 is 1.70 bits per heavy atom. The Balaban J connectivity index is 1.34. The van der Waals surface area contributed by atoms with Crippen molar-refractivity contribution in [1.29, 1.82) is 0 Å². The fraction of sp³-hybridized carbons (Fsp3) is 0.333. The van der Waals surface area contributed by atoms with E-state index in [9.17, 15) is 4.79 Å². The van der Waals surface area contributed by atoms with Crippen LogP contribution < -0.4 is 4.90 Å². The molecular weight excluding hydrogens is 498 g/mol. The molecule has 0 bridgehead atoms. The number of carbonyl (C=O) groups is 1. The molecule has 1 unspecified atom stereocenters. The van der Waals surface area contributed by atoms with Gasteiger partial charge in [0.15, 0.2) is 0 Å². The molecule has 1 fully saturated rings. The van der Waals surface area contributed by atoms with Crippen LogP contribution in [0, 0.1) is 0 Å². The van der Waals surface area contributed by atoms with E-state index in [1.165, 1.54) is 5.39 Å². The number of benzene rings is 3. The molecule has 0 radical (unpaired) electrons. The Labute approximate surface area is 234 Å². The van der Waals surface area contributed by atoms with E-state index in [2.05, 4.69) is 66.4 Å². The van der Waals surface area contributed by atoms with Crippen molar-refractivity contribution < 1.29 is 9.32 Å². The number of nitrogens with zero attached hydrogens (tertiary/aromatic N) is 5. The minimum Gasteiger partial charge on any atom is -0.354 e. The molecular formula is C33H35N5O2. The van der Waals surface area contributed by atoms with Gasteiger partial charge in [-0.1, -0.05) is 85.7 Å². The first-order valence-corrected chi connectivity index (χ1v) is 14.4. The Kier molecular flexibility index (Phi) is 7.45. The predicted molar refractivity (Wildman–Crippen MR) is 159 cm³/mol. The Morgan fingerprint density at radius 3 is 2.50 bits per heavy atom. The maximum atomic E-state index is 13.6. The van der Waals surface area contributed by atoms with Crippen LogP contribution in [-0.2, 0) is 11.2 Å². The Bertz CT molecular complexity index is 1630. The number of fused-ring (bicyclic) bond motifs is 2. The quantitative estimate of drug-likeness (QED) is 0.234. The van der Waals surface area contributed by atoms with E-state index in [0.29, 0.717) is 18.8 Å². The van der Waals surface area contributed by atoms with E-state index in [-0.39, 0.29) is 11.8 Å². The molecule has 1 aliphatic rings. The van der Waals surface area contributed by atoms with E-state index in [0.717, 1.165) is 78.0 Å². The first-order valence-electron chi connectivity index (χ1n) is 14.4. The highest BCUT2D eigenvalue weighted by atomic mass is 16.5. The third-order valence-corrected chi connectivity index (χ3v) is 7.88. The van der Waals surface area contributed by atoms with Crippen LogP contribution in [0.3, 0.4) is 0 Å². The van der Waals surface area contributed by atoms with Gasteiger partial charge in [-0.25, -0.2) is 4.98 Å². The van der Waals surface area contributed by atoms with Crippen LogP contribution in [0.1, 0.15) is 50.4 Å². The normalized spacial score (nSPS) is 14.9. The molecule has 7 heteroatoms. The second kappa shape index (κ2) is 11.5. The summed E-state index contributed by atoms with van der Waals surface area (Å²) in [7, 11) is 0. The van der Waals surface area contributed by atoms with Crippen LogP contribution in [0.2, 0.25) is 0 Å². The lowest BCUT2D eigenvalue weighted by atomic mass is 9.95. The third kappa shape index (κ3) is 5.04. The number of hydrogen-bond donors (Lipinski definition) is 0. The lowest BCUT2D eigenvalue weighted by Crippen LogP contribution is -2.38. The van der Waals surface area contributed by atoms with Crippen LogP contribution in [0.25, 0.3) is 33.1 Å². The standard InChI is InChI=1S/C33H35N5O2/c1-3-11-28-34-31(29-30(36-40-32(29)35-28)26-17-16-23-12-8-9-15-25(23)22-26)37-18-10-19-38(21-20-37)33(39)27(4-2)24-13-6-5-7-14-24/h5-9,12-17,22,27H,3-4,10-11,18-21H2,1-2H3. The average molecular weight is 534 g/mol. The molecule has 0 spiro atoms. The number of aryl methyl sites for hydroxylation is 1. The number of amides is 1. The summed E-state index contributed by atoms with van der Waals surface area (Å²) < 4.78 is 5.83. The summed E-state index contributed by atoms with van der Waals surface area (Å²) in [5, 5.41) is 7.66. The van der Waals surface area contributed by atoms with Crippen molar-refractivity contribution in [3.8, 4) is 11.3 Å². The van der Waals surface area contributed by atoms with E-state index in [1.54, 1.807) is 0 Å². The topological polar surface area (TPSA) is 75.4 Å². The van der Waals surface area contributed by atoms with E-state index < -0.39 is 0 Å². The monoisotopic (exact) mass is 533 g/mol. The first-order chi connectivity index (χ1) is 19.7. The van der Waals surface area contributed by atoms with Crippen LogP contribution in [0.15, 0.2) is 77.3 Å². The van der Waals surface area contributed by atoms with Gasteiger partial charge >= 0.3 is 0 Å². The highest BCUT2D eigenvalue weighted by molar-refractivity contribution is 6.00. The summed E-state index contributed by atoms with van der Waals surface area (Å²) in [6, 6.07) is 24.8. The zero-order valence-corrected chi connectivity index (χ0v) is 23.2. The molecule has 2 aromatic heterocycles.